The highest BCUT2D eigenvalue weighted by Crippen LogP contribution is 2.21. The lowest BCUT2D eigenvalue weighted by Gasteiger charge is -2.16. The van der Waals surface area contributed by atoms with Crippen molar-refractivity contribution >= 4 is 15.9 Å². The molecule has 0 spiro atoms. The van der Waals surface area contributed by atoms with Crippen molar-refractivity contribution in [3.05, 3.63) is 29.8 Å². The minimum atomic E-state index is -3.57. The maximum atomic E-state index is 12.5. The van der Waals surface area contributed by atoms with Gasteiger partial charge in [0, 0.05) is 17.6 Å². The van der Waals surface area contributed by atoms with Crippen LogP contribution in [0, 0.1) is 0 Å². The molecule has 6 heteroatoms. The first-order valence-corrected chi connectivity index (χ1v) is 9.87. The topological polar surface area (TPSA) is 75.3 Å². The van der Waals surface area contributed by atoms with Gasteiger partial charge in [0.05, 0.1) is 4.90 Å². The molecule has 1 aromatic rings. The Morgan fingerprint density at radius 1 is 1.22 bits per heavy atom. The minimum absolute atomic E-state index is 0.0158. The Balaban J connectivity index is 2.13. The summed E-state index contributed by atoms with van der Waals surface area (Å²) >= 11 is 0. The van der Waals surface area contributed by atoms with E-state index in [2.05, 4.69) is 10.0 Å². The third kappa shape index (κ3) is 4.78. The van der Waals surface area contributed by atoms with E-state index in [0.29, 0.717) is 5.56 Å². The summed E-state index contributed by atoms with van der Waals surface area (Å²) < 4.78 is 27.7. The molecule has 1 saturated carbocycles. The first kappa shape index (κ1) is 17.9. The molecule has 128 valence electrons. The maximum absolute atomic E-state index is 12.5. The van der Waals surface area contributed by atoms with Crippen molar-refractivity contribution in [1.82, 2.24) is 10.0 Å². The molecule has 2 rings (SSSR count). The molecule has 0 aromatic heterocycles. The molecule has 0 atom stereocenters. The SMILES string of the molecule is CCC(CC)NC(=O)c1cccc(S(=O)(=O)NC2CCCC2)c1. The van der Waals surface area contributed by atoms with Crippen LogP contribution in [-0.2, 0) is 10.0 Å². The Hall–Kier alpha value is -1.40. The van der Waals surface area contributed by atoms with Gasteiger partial charge in [-0.2, -0.15) is 0 Å². The van der Waals surface area contributed by atoms with Gasteiger partial charge in [-0.15, -0.1) is 0 Å². The zero-order valence-electron chi connectivity index (χ0n) is 13.8. The van der Waals surface area contributed by atoms with Crippen molar-refractivity contribution in [3.63, 3.8) is 0 Å². The molecule has 1 aliphatic carbocycles. The van der Waals surface area contributed by atoms with Crippen LogP contribution in [0.15, 0.2) is 29.2 Å². The first-order chi connectivity index (χ1) is 11.0. The second-order valence-corrected chi connectivity index (χ2v) is 7.83. The van der Waals surface area contributed by atoms with E-state index in [4.69, 9.17) is 0 Å². The molecule has 0 aliphatic heterocycles. The van der Waals surface area contributed by atoms with Crippen LogP contribution in [0.1, 0.15) is 62.7 Å². The highest BCUT2D eigenvalue weighted by molar-refractivity contribution is 7.89. The summed E-state index contributed by atoms with van der Waals surface area (Å²) in [6.07, 6.45) is 5.59. The van der Waals surface area contributed by atoms with Gasteiger partial charge in [0.2, 0.25) is 10.0 Å². The highest BCUT2D eigenvalue weighted by Gasteiger charge is 2.23. The number of hydrogen-bond acceptors (Lipinski definition) is 3. The lowest BCUT2D eigenvalue weighted by Crippen LogP contribution is -2.34. The third-order valence-electron chi connectivity index (χ3n) is 4.40. The lowest BCUT2D eigenvalue weighted by molar-refractivity contribution is 0.0934. The van der Waals surface area contributed by atoms with Gasteiger partial charge in [0.25, 0.3) is 5.91 Å². The smallest absolute Gasteiger partial charge is 0.251 e. The van der Waals surface area contributed by atoms with Crippen LogP contribution in [-0.4, -0.2) is 26.4 Å². The van der Waals surface area contributed by atoms with Crippen LogP contribution in [0.3, 0.4) is 0 Å². The Morgan fingerprint density at radius 3 is 2.48 bits per heavy atom. The second-order valence-electron chi connectivity index (χ2n) is 6.12. The van der Waals surface area contributed by atoms with Gasteiger partial charge < -0.3 is 5.32 Å². The molecule has 1 aromatic carbocycles. The molecule has 0 saturated heterocycles. The van der Waals surface area contributed by atoms with Crippen molar-refractivity contribution in [3.8, 4) is 0 Å². The van der Waals surface area contributed by atoms with Gasteiger partial charge in [-0.25, -0.2) is 13.1 Å². The normalized spacial score (nSPS) is 16.0. The summed E-state index contributed by atoms with van der Waals surface area (Å²) in [7, 11) is -3.57. The number of amides is 1. The Bertz CT molecular complexity index is 633. The second kappa shape index (κ2) is 7.93. The van der Waals surface area contributed by atoms with Crippen LogP contribution in [0.4, 0.5) is 0 Å². The molecule has 0 unspecified atom stereocenters. The van der Waals surface area contributed by atoms with Gasteiger partial charge in [0.1, 0.15) is 0 Å². The minimum Gasteiger partial charge on any atom is -0.349 e. The molecule has 1 fully saturated rings. The predicted octanol–water partition coefficient (Wildman–Crippen LogP) is 2.83. The molecule has 0 heterocycles. The van der Waals surface area contributed by atoms with E-state index in [0.717, 1.165) is 38.5 Å². The summed E-state index contributed by atoms with van der Waals surface area (Å²) in [5.41, 5.74) is 0.381. The molecule has 0 bridgehead atoms. The summed E-state index contributed by atoms with van der Waals surface area (Å²) in [5.74, 6) is -0.225. The molecular weight excluding hydrogens is 312 g/mol. The average Bonchev–Trinajstić information content (AvgIpc) is 3.04. The zero-order valence-corrected chi connectivity index (χ0v) is 14.7. The van der Waals surface area contributed by atoms with Crippen LogP contribution in [0.2, 0.25) is 0 Å². The van der Waals surface area contributed by atoms with E-state index < -0.39 is 10.0 Å². The molecular formula is C17H26N2O3S. The fourth-order valence-corrected chi connectivity index (χ4v) is 4.25. The average molecular weight is 338 g/mol. The van der Waals surface area contributed by atoms with E-state index >= 15 is 0 Å². The van der Waals surface area contributed by atoms with E-state index in [1.807, 2.05) is 13.8 Å². The Morgan fingerprint density at radius 2 is 1.87 bits per heavy atom. The number of carbonyl (C=O) groups excluding carboxylic acids is 1. The van der Waals surface area contributed by atoms with E-state index in [-0.39, 0.29) is 22.9 Å². The summed E-state index contributed by atoms with van der Waals surface area (Å²) in [5, 5.41) is 2.93. The zero-order chi connectivity index (χ0) is 16.9. The highest BCUT2D eigenvalue weighted by atomic mass is 32.2. The van der Waals surface area contributed by atoms with Crippen molar-refractivity contribution < 1.29 is 13.2 Å². The van der Waals surface area contributed by atoms with Gasteiger partial charge in [-0.3, -0.25) is 4.79 Å². The maximum Gasteiger partial charge on any atom is 0.251 e. The molecule has 0 radical (unpaired) electrons. The molecule has 5 nitrogen and oxygen atoms in total. The Kier molecular flexibility index (Phi) is 6.18. The summed E-state index contributed by atoms with van der Waals surface area (Å²) in [6.45, 7) is 4.03. The molecule has 1 aliphatic rings. The van der Waals surface area contributed by atoms with Crippen molar-refractivity contribution in [2.45, 2.75) is 69.4 Å². The molecule has 1 amide bonds. The molecule has 2 N–H and O–H groups in total. The number of nitrogens with one attached hydrogen (secondary N) is 2. The van der Waals surface area contributed by atoms with Gasteiger partial charge in [0.15, 0.2) is 0 Å². The quantitative estimate of drug-likeness (QED) is 0.803. The standard InChI is InChI=1S/C17H26N2O3S/c1-3-14(4-2)18-17(20)13-8-7-11-16(12-13)23(21,22)19-15-9-5-6-10-15/h7-8,11-12,14-15,19H,3-6,9-10H2,1-2H3,(H,18,20). The summed E-state index contributed by atoms with van der Waals surface area (Å²) in [4.78, 5) is 12.4. The number of benzene rings is 1. The van der Waals surface area contributed by atoms with Crippen molar-refractivity contribution in [2.75, 3.05) is 0 Å². The Labute approximate surface area is 138 Å². The van der Waals surface area contributed by atoms with Gasteiger partial charge in [-0.1, -0.05) is 32.8 Å². The van der Waals surface area contributed by atoms with Crippen LogP contribution < -0.4 is 10.0 Å². The fourth-order valence-electron chi connectivity index (χ4n) is 2.90. The third-order valence-corrected chi connectivity index (χ3v) is 5.92. The van der Waals surface area contributed by atoms with Gasteiger partial charge >= 0.3 is 0 Å². The fraction of sp³-hybridized carbons (Fsp3) is 0.588. The van der Waals surface area contributed by atoms with Gasteiger partial charge in [-0.05, 0) is 43.9 Å². The van der Waals surface area contributed by atoms with Crippen molar-refractivity contribution in [1.29, 1.82) is 0 Å². The molecule has 23 heavy (non-hydrogen) atoms. The van der Waals surface area contributed by atoms with Crippen molar-refractivity contribution in [2.24, 2.45) is 0 Å². The summed E-state index contributed by atoms with van der Waals surface area (Å²) in [6, 6.07) is 6.37. The van der Waals surface area contributed by atoms with Crippen LogP contribution in [0.25, 0.3) is 0 Å². The largest absolute Gasteiger partial charge is 0.349 e. The monoisotopic (exact) mass is 338 g/mol. The number of rotatable bonds is 7. The predicted molar refractivity (Wildman–Crippen MR) is 90.9 cm³/mol. The van der Waals surface area contributed by atoms with Crippen LogP contribution >= 0.6 is 0 Å². The van der Waals surface area contributed by atoms with E-state index in [9.17, 15) is 13.2 Å². The number of sulfonamides is 1. The van der Waals surface area contributed by atoms with E-state index in [1.54, 1.807) is 12.1 Å². The van der Waals surface area contributed by atoms with E-state index in [1.165, 1.54) is 12.1 Å². The van der Waals surface area contributed by atoms with Crippen LogP contribution in [0.5, 0.6) is 0 Å². The number of hydrogen-bond donors (Lipinski definition) is 2. The first-order valence-electron chi connectivity index (χ1n) is 8.39. The number of carbonyl (C=O) groups is 1. The lowest BCUT2D eigenvalue weighted by atomic mass is 10.1.